The van der Waals surface area contributed by atoms with E-state index in [-0.39, 0.29) is 11.4 Å². The molecule has 2 aliphatic rings. The summed E-state index contributed by atoms with van der Waals surface area (Å²) >= 11 is 6.53. The predicted molar refractivity (Wildman–Crippen MR) is 171 cm³/mol. The number of amides is 2. The summed E-state index contributed by atoms with van der Waals surface area (Å²) in [7, 11) is 0. The zero-order chi connectivity index (χ0) is 30.9. The van der Waals surface area contributed by atoms with Crippen LogP contribution in [0.2, 0.25) is 5.02 Å². The Labute approximate surface area is 260 Å². The normalized spacial score (nSPS) is 19.8. The van der Waals surface area contributed by atoms with Gasteiger partial charge in [-0.2, -0.15) is 0 Å². The minimum atomic E-state index is -0.630. The number of carbonyl (C=O) groups is 2. The van der Waals surface area contributed by atoms with E-state index in [1.807, 2.05) is 56.0 Å². The van der Waals surface area contributed by atoms with E-state index in [4.69, 9.17) is 20.8 Å². The standard InChI is InChI=1S/C32H39ClN4O4.C2H6/c1-25-10-11-26(21-28(25)33)32(14-17-36(22-32)30(39)29-9-6-19-40-29)41-20-18-35-15-12-31(2,13-16-35)37(23-34-24-38)27-7-4-3-5-8-27;1-2/h3-11,19,21,24H,12-18,20,22-23H2,1-2H3,(H,34,38);1-2H3. The van der Waals surface area contributed by atoms with Gasteiger partial charge in [-0.1, -0.05) is 55.8 Å². The van der Waals surface area contributed by atoms with Gasteiger partial charge in [-0.05, 0) is 74.6 Å². The molecule has 2 amide bonds. The first-order valence-corrected chi connectivity index (χ1v) is 15.7. The molecule has 43 heavy (non-hydrogen) atoms. The van der Waals surface area contributed by atoms with Crippen LogP contribution in [-0.2, 0) is 15.1 Å². The van der Waals surface area contributed by atoms with Crippen molar-refractivity contribution in [2.24, 2.45) is 0 Å². The molecule has 1 atom stereocenters. The van der Waals surface area contributed by atoms with E-state index in [0.717, 1.165) is 55.7 Å². The minimum Gasteiger partial charge on any atom is -0.459 e. The Bertz CT molecular complexity index is 1310. The molecule has 8 nitrogen and oxygen atoms in total. The van der Waals surface area contributed by atoms with Crippen molar-refractivity contribution in [3.8, 4) is 0 Å². The van der Waals surface area contributed by atoms with Crippen molar-refractivity contribution in [2.45, 2.75) is 58.1 Å². The van der Waals surface area contributed by atoms with Gasteiger partial charge in [0, 0.05) is 42.4 Å². The fourth-order valence-electron chi connectivity index (χ4n) is 6.05. The summed E-state index contributed by atoms with van der Waals surface area (Å²) in [4.78, 5) is 30.7. The summed E-state index contributed by atoms with van der Waals surface area (Å²) < 4.78 is 12.1. The highest BCUT2D eigenvalue weighted by molar-refractivity contribution is 6.31. The maximum atomic E-state index is 13.1. The highest BCUT2D eigenvalue weighted by Gasteiger charge is 2.44. The average molecular weight is 609 g/mol. The molecule has 2 aromatic carbocycles. The molecule has 0 aliphatic carbocycles. The summed E-state index contributed by atoms with van der Waals surface area (Å²) in [6.45, 7) is 13.0. The van der Waals surface area contributed by atoms with Crippen molar-refractivity contribution in [1.29, 1.82) is 0 Å². The number of hydrogen-bond donors (Lipinski definition) is 1. The second-order valence-corrected chi connectivity index (χ2v) is 11.8. The lowest BCUT2D eigenvalue weighted by molar-refractivity contribution is -0.109. The summed E-state index contributed by atoms with van der Waals surface area (Å²) in [5.74, 6) is 0.216. The quantitative estimate of drug-likeness (QED) is 0.210. The fourth-order valence-corrected chi connectivity index (χ4v) is 6.23. The van der Waals surface area contributed by atoms with Crippen LogP contribution in [0.4, 0.5) is 5.69 Å². The Kier molecular flexibility index (Phi) is 11.3. The zero-order valence-electron chi connectivity index (χ0n) is 25.9. The Hall–Kier alpha value is -3.33. The Morgan fingerprint density at radius 3 is 2.47 bits per heavy atom. The first-order valence-electron chi connectivity index (χ1n) is 15.3. The Morgan fingerprint density at radius 2 is 1.81 bits per heavy atom. The molecular formula is C34H45ClN4O4. The van der Waals surface area contributed by atoms with E-state index in [0.29, 0.717) is 43.6 Å². The third kappa shape index (κ3) is 7.61. The van der Waals surface area contributed by atoms with E-state index < -0.39 is 5.60 Å². The van der Waals surface area contributed by atoms with E-state index in [9.17, 15) is 9.59 Å². The van der Waals surface area contributed by atoms with Crippen molar-refractivity contribution >= 4 is 29.6 Å². The number of halogens is 1. The number of likely N-dealkylation sites (tertiary alicyclic amines) is 2. The number of nitrogens with zero attached hydrogens (tertiary/aromatic N) is 3. The molecule has 9 heteroatoms. The third-order valence-electron chi connectivity index (χ3n) is 8.72. The van der Waals surface area contributed by atoms with Crippen LogP contribution < -0.4 is 10.2 Å². The molecule has 1 N–H and O–H groups in total. The van der Waals surface area contributed by atoms with Crippen molar-refractivity contribution < 1.29 is 18.7 Å². The average Bonchev–Trinajstić information content (AvgIpc) is 3.73. The number of anilines is 1. The third-order valence-corrected chi connectivity index (χ3v) is 9.13. The van der Waals surface area contributed by atoms with Gasteiger partial charge in [0.05, 0.1) is 26.1 Å². The number of rotatable bonds is 11. The van der Waals surface area contributed by atoms with Crippen LogP contribution in [0, 0.1) is 6.92 Å². The molecule has 2 saturated heterocycles. The number of nitrogens with one attached hydrogen (secondary N) is 1. The van der Waals surface area contributed by atoms with Gasteiger partial charge in [-0.15, -0.1) is 0 Å². The maximum absolute atomic E-state index is 13.1. The number of aryl methyl sites for hydroxylation is 1. The van der Waals surface area contributed by atoms with Crippen LogP contribution in [0.25, 0.3) is 0 Å². The van der Waals surface area contributed by atoms with Crippen molar-refractivity contribution in [2.75, 3.05) is 50.9 Å². The minimum absolute atomic E-state index is 0.0766. The molecule has 3 heterocycles. The number of ether oxygens (including phenoxy) is 1. The van der Waals surface area contributed by atoms with Gasteiger partial charge in [0.2, 0.25) is 6.41 Å². The Morgan fingerprint density at radius 1 is 1.07 bits per heavy atom. The largest absolute Gasteiger partial charge is 0.459 e. The SMILES string of the molecule is CC.Cc1ccc(C2(OCCN3CCC(C)(N(CNC=O)c4ccccc4)CC3)CCN(C(=O)c3ccco3)C2)cc1Cl. The molecule has 0 saturated carbocycles. The second kappa shape index (κ2) is 14.9. The molecule has 1 unspecified atom stereocenters. The lowest BCUT2D eigenvalue weighted by Crippen LogP contribution is -2.56. The lowest BCUT2D eigenvalue weighted by Gasteiger charge is -2.48. The lowest BCUT2D eigenvalue weighted by atomic mass is 9.87. The second-order valence-electron chi connectivity index (χ2n) is 11.3. The molecular weight excluding hydrogens is 564 g/mol. The highest BCUT2D eigenvalue weighted by atomic mass is 35.5. The Balaban J connectivity index is 0.00000207. The summed E-state index contributed by atoms with van der Waals surface area (Å²) in [5.41, 5.74) is 2.41. The molecule has 0 radical (unpaired) electrons. The van der Waals surface area contributed by atoms with Crippen LogP contribution in [0.1, 0.15) is 61.7 Å². The van der Waals surface area contributed by atoms with Crippen molar-refractivity contribution in [3.05, 3.63) is 88.8 Å². The van der Waals surface area contributed by atoms with Crippen LogP contribution in [-0.4, -0.2) is 73.7 Å². The fraction of sp³-hybridized carbons (Fsp3) is 0.471. The van der Waals surface area contributed by atoms with Crippen molar-refractivity contribution in [3.63, 3.8) is 0 Å². The van der Waals surface area contributed by atoms with E-state index in [1.165, 1.54) is 6.26 Å². The van der Waals surface area contributed by atoms with Crippen molar-refractivity contribution in [1.82, 2.24) is 15.1 Å². The molecule has 0 spiro atoms. The van der Waals surface area contributed by atoms with Crippen LogP contribution in [0.3, 0.4) is 0 Å². The molecule has 0 bridgehead atoms. The summed E-state index contributed by atoms with van der Waals surface area (Å²) in [5, 5.41) is 3.56. The van der Waals surface area contributed by atoms with Gasteiger partial charge in [0.1, 0.15) is 5.60 Å². The number of para-hydroxylation sites is 1. The topological polar surface area (TPSA) is 78.3 Å². The van der Waals surface area contributed by atoms with Gasteiger partial charge in [-0.25, -0.2) is 0 Å². The number of carbonyl (C=O) groups excluding carboxylic acids is 2. The molecule has 5 rings (SSSR count). The van der Waals surface area contributed by atoms with E-state index in [1.54, 1.807) is 12.1 Å². The van der Waals surface area contributed by atoms with Gasteiger partial charge in [-0.3, -0.25) is 9.59 Å². The number of furan rings is 1. The molecule has 3 aromatic rings. The van der Waals surface area contributed by atoms with E-state index >= 15 is 0 Å². The summed E-state index contributed by atoms with van der Waals surface area (Å²) in [6, 6.07) is 19.8. The molecule has 232 valence electrons. The maximum Gasteiger partial charge on any atom is 0.289 e. The van der Waals surface area contributed by atoms with Crippen LogP contribution in [0.15, 0.2) is 71.3 Å². The zero-order valence-corrected chi connectivity index (χ0v) is 26.6. The molecule has 1 aromatic heterocycles. The van der Waals surface area contributed by atoms with Gasteiger partial charge in [0.15, 0.2) is 5.76 Å². The van der Waals surface area contributed by atoms with Gasteiger partial charge in [0.25, 0.3) is 5.91 Å². The smallest absolute Gasteiger partial charge is 0.289 e. The highest BCUT2D eigenvalue weighted by Crippen LogP contribution is 2.39. The van der Waals surface area contributed by atoms with Gasteiger partial charge < -0.3 is 29.2 Å². The van der Waals surface area contributed by atoms with Crippen LogP contribution in [0.5, 0.6) is 0 Å². The molecule has 2 aliphatic heterocycles. The van der Waals surface area contributed by atoms with Crippen LogP contribution >= 0.6 is 11.6 Å². The number of benzene rings is 2. The molecule has 2 fully saturated rings. The van der Waals surface area contributed by atoms with E-state index in [2.05, 4.69) is 40.2 Å². The first kappa shape index (κ1) is 32.6. The number of hydrogen-bond acceptors (Lipinski definition) is 6. The summed E-state index contributed by atoms with van der Waals surface area (Å²) in [6.07, 6.45) is 4.90. The monoisotopic (exact) mass is 608 g/mol. The number of piperidine rings is 1. The predicted octanol–water partition coefficient (Wildman–Crippen LogP) is 6.09. The van der Waals surface area contributed by atoms with Gasteiger partial charge >= 0.3 is 0 Å². The first-order chi connectivity index (χ1) is 20.8.